The zero-order chi connectivity index (χ0) is 19.8. The van der Waals surface area contributed by atoms with Gasteiger partial charge in [-0.1, -0.05) is 12.1 Å². The predicted octanol–water partition coefficient (Wildman–Crippen LogP) is 4.02. The maximum Gasteiger partial charge on any atom is 0.228 e. The van der Waals surface area contributed by atoms with Crippen LogP contribution in [-0.4, -0.2) is 61.0 Å². The summed E-state index contributed by atoms with van der Waals surface area (Å²) in [5.74, 6) is 1.69. The number of halogens is 1. The normalized spacial score (nSPS) is 17.4. The van der Waals surface area contributed by atoms with Gasteiger partial charge in [-0.25, -0.2) is 4.98 Å². The lowest BCUT2D eigenvalue weighted by Gasteiger charge is -2.28. The monoisotopic (exact) mass is 506 g/mol. The second-order valence-electron chi connectivity index (χ2n) is 7.16. The predicted molar refractivity (Wildman–Crippen MR) is 122 cm³/mol. The third-order valence-electron chi connectivity index (χ3n) is 5.20. The molecular formula is C20H23IN6O2. The molecular weight excluding hydrogens is 483 g/mol. The van der Waals surface area contributed by atoms with Crippen LogP contribution in [0.3, 0.4) is 0 Å². The molecule has 2 aliphatic heterocycles. The highest BCUT2D eigenvalue weighted by atomic mass is 127. The van der Waals surface area contributed by atoms with Crippen LogP contribution in [0.15, 0.2) is 33.6 Å². The average Bonchev–Trinajstić information content (AvgIpc) is 3.40. The second kappa shape index (κ2) is 7.96. The van der Waals surface area contributed by atoms with E-state index in [0.29, 0.717) is 19.8 Å². The Hall–Kier alpha value is -2.11. The van der Waals surface area contributed by atoms with Crippen molar-refractivity contribution in [3.8, 4) is 11.3 Å². The maximum atomic E-state index is 5.53. The lowest BCUT2D eigenvalue weighted by atomic mass is 10.1. The van der Waals surface area contributed by atoms with Gasteiger partial charge in [0.05, 0.1) is 25.9 Å². The average molecular weight is 506 g/mol. The van der Waals surface area contributed by atoms with Crippen LogP contribution in [-0.2, 0) is 9.47 Å². The van der Waals surface area contributed by atoms with E-state index in [1.165, 1.54) is 0 Å². The van der Waals surface area contributed by atoms with E-state index in [0.717, 1.165) is 52.7 Å². The number of aromatic nitrogens is 3. The van der Waals surface area contributed by atoms with Crippen LogP contribution in [0.4, 0.5) is 17.5 Å². The van der Waals surface area contributed by atoms with Crippen LogP contribution in [0, 0.1) is 0 Å². The van der Waals surface area contributed by atoms with Crippen LogP contribution in [0.25, 0.3) is 22.2 Å². The lowest BCUT2D eigenvalue weighted by Crippen LogP contribution is -2.37. The van der Waals surface area contributed by atoms with Crippen LogP contribution in [0.2, 0.25) is 0 Å². The van der Waals surface area contributed by atoms with Gasteiger partial charge in [-0.05, 0) is 19.1 Å². The van der Waals surface area contributed by atoms with E-state index in [-0.39, 0.29) is 6.04 Å². The molecule has 8 nitrogen and oxygen atoms in total. The van der Waals surface area contributed by atoms with Gasteiger partial charge >= 0.3 is 0 Å². The van der Waals surface area contributed by atoms with Crippen molar-refractivity contribution in [1.29, 1.82) is 0 Å². The molecule has 0 radical (unpaired) electrons. The summed E-state index contributed by atoms with van der Waals surface area (Å²) in [7, 11) is 1.74. The van der Waals surface area contributed by atoms with E-state index in [2.05, 4.69) is 44.2 Å². The van der Waals surface area contributed by atoms with Gasteiger partial charge in [-0.2, -0.15) is 8.13 Å². The first kappa shape index (κ1) is 18.9. The fraction of sp³-hybridized carbons (Fsp3) is 0.400. The molecule has 3 aromatic rings. The number of methoxy groups -OCH3 is 1. The quantitative estimate of drug-likeness (QED) is 0.416. The molecule has 2 aliphatic rings. The Morgan fingerprint density at radius 2 is 2.10 bits per heavy atom. The standard InChI is InChI=1S/C20H23IN6O2/c1-13(12-28-2)27-19-18(25-21-27)17(15-4-3-5-16-14(15)6-7-22-16)23-20(24-19)26-8-10-29-11-9-26/h3-7,13,22H,8-12H2,1-2H3. The van der Waals surface area contributed by atoms with Crippen LogP contribution in [0.5, 0.6) is 0 Å². The van der Waals surface area contributed by atoms with Gasteiger partial charge in [-0.3, -0.25) is 3.11 Å². The summed E-state index contributed by atoms with van der Waals surface area (Å²) in [5, 5.41) is 1.15. The van der Waals surface area contributed by atoms with Gasteiger partial charge in [0.15, 0.2) is 5.82 Å². The third kappa shape index (κ3) is 3.40. The molecule has 1 atom stereocenters. The lowest BCUT2D eigenvalue weighted by molar-refractivity contribution is 0.122. The Morgan fingerprint density at radius 3 is 2.93 bits per heavy atom. The second-order valence-corrected chi connectivity index (χ2v) is 9.12. The highest BCUT2D eigenvalue weighted by Gasteiger charge is 2.30. The molecule has 1 N–H and O–H groups in total. The number of nitrogens with zero attached hydrogens (tertiary/aromatic N) is 5. The molecule has 0 spiro atoms. The number of hydrogen-bond acceptors (Lipinski definition) is 7. The first-order valence-corrected chi connectivity index (χ1v) is 11.6. The Kier molecular flexibility index (Phi) is 5.18. The number of nitrogens with one attached hydrogen (secondary N) is 1. The van der Waals surface area contributed by atoms with Gasteiger partial charge in [0.2, 0.25) is 5.95 Å². The zero-order valence-corrected chi connectivity index (χ0v) is 18.6. The fourth-order valence-corrected chi connectivity index (χ4v) is 5.77. The summed E-state index contributed by atoms with van der Waals surface area (Å²) < 4.78 is 18.2. The van der Waals surface area contributed by atoms with E-state index in [1.54, 1.807) is 7.11 Å². The topological polar surface area (TPSA) is 78.9 Å². The van der Waals surface area contributed by atoms with E-state index < -0.39 is 21.3 Å². The minimum atomic E-state index is -0.554. The van der Waals surface area contributed by atoms with E-state index in [1.807, 2.05) is 6.20 Å². The molecule has 9 heteroatoms. The van der Waals surface area contributed by atoms with Crippen molar-refractivity contribution in [2.75, 3.05) is 48.0 Å². The van der Waals surface area contributed by atoms with Crippen molar-refractivity contribution in [3.63, 3.8) is 0 Å². The molecule has 5 rings (SSSR count). The minimum absolute atomic E-state index is 0.223. The smallest absolute Gasteiger partial charge is 0.228 e. The van der Waals surface area contributed by atoms with E-state index in [9.17, 15) is 0 Å². The summed E-state index contributed by atoms with van der Waals surface area (Å²) in [4.78, 5) is 15.5. The molecule has 1 saturated heterocycles. The molecule has 1 aromatic carbocycles. The summed E-state index contributed by atoms with van der Waals surface area (Å²) >= 11 is -0.554. The van der Waals surface area contributed by atoms with Gasteiger partial charge < -0.3 is 19.4 Å². The zero-order valence-electron chi connectivity index (χ0n) is 16.4. The number of benzene rings is 1. The molecule has 152 valence electrons. The number of anilines is 2. The molecule has 0 bridgehead atoms. The molecule has 1 unspecified atom stereocenters. The third-order valence-corrected chi connectivity index (χ3v) is 7.77. The van der Waals surface area contributed by atoms with Crippen molar-refractivity contribution >= 4 is 49.7 Å². The molecule has 1 fully saturated rings. The number of H-pyrrole nitrogens is 1. The number of morpholine rings is 1. The van der Waals surface area contributed by atoms with E-state index in [4.69, 9.17) is 22.6 Å². The summed E-state index contributed by atoms with van der Waals surface area (Å²) in [6.07, 6.45) is 1.97. The Morgan fingerprint density at radius 1 is 1.24 bits per heavy atom. The molecule has 0 amide bonds. The molecule has 0 aliphatic carbocycles. The fourth-order valence-electron chi connectivity index (χ4n) is 3.75. The largest absolute Gasteiger partial charge is 0.383 e. The van der Waals surface area contributed by atoms with Crippen LogP contribution in [0.1, 0.15) is 6.92 Å². The Bertz CT molecular complexity index is 1060. The minimum Gasteiger partial charge on any atom is -0.383 e. The summed E-state index contributed by atoms with van der Waals surface area (Å²) in [5.41, 5.74) is 4.01. The summed E-state index contributed by atoms with van der Waals surface area (Å²) in [6.45, 7) is 5.80. The molecule has 0 saturated carbocycles. The van der Waals surface area contributed by atoms with Gasteiger partial charge in [0.25, 0.3) is 0 Å². The molecule has 4 heterocycles. The first-order chi connectivity index (χ1) is 14.3. The van der Waals surface area contributed by atoms with Crippen molar-refractivity contribution in [2.24, 2.45) is 3.15 Å². The van der Waals surface area contributed by atoms with Crippen LogP contribution >= 0.6 is 21.3 Å². The van der Waals surface area contributed by atoms with E-state index >= 15 is 0 Å². The maximum absolute atomic E-state index is 5.53. The number of rotatable bonds is 5. The number of ether oxygens (including phenoxy) is 2. The van der Waals surface area contributed by atoms with Crippen molar-refractivity contribution in [3.05, 3.63) is 30.5 Å². The number of aromatic amines is 1. The van der Waals surface area contributed by atoms with Crippen molar-refractivity contribution < 1.29 is 9.47 Å². The highest BCUT2D eigenvalue weighted by Crippen LogP contribution is 2.48. The molecule has 2 aromatic heterocycles. The Balaban J connectivity index is 1.68. The Labute approximate surface area is 179 Å². The molecule has 29 heavy (non-hydrogen) atoms. The summed E-state index contributed by atoms with van der Waals surface area (Å²) in [6, 6.07) is 8.59. The van der Waals surface area contributed by atoms with Gasteiger partial charge in [0, 0.05) is 42.9 Å². The van der Waals surface area contributed by atoms with Crippen molar-refractivity contribution in [2.45, 2.75) is 13.0 Å². The SMILES string of the molecule is COCC(C)N1I=Nc2c(-c3cccc4[nH]ccc34)nc(N3CCOCC3)nc21. The van der Waals surface area contributed by atoms with Gasteiger partial charge in [0.1, 0.15) is 32.7 Å². The van der Waals surface area contributed by atoms with Crippen LogP contribution < -0.4 is 8.01 Å². The first-order valence-electron chi connectivity index (χ1n) is 9.71. The van der Waals surface area contributed by atoms with Crippen molar-refractivity contribution in [1.82, 2.24) is 15.0 Å². The van der Waals surface area contributed by atoms with Gasteiger partial charge in [-0.15, -0.1) is 0 Å². The number of fused-ring (bicyclic) bond motifs is 2. The highest BCUT2D eigenvalue weighted by molar-refractivity contribution is 14.2. The number of hydrogen-bond donors (Lipinski definition) is 1.